The Labute approximate surface area is 208 Å². The zero-order valence-electron chi connectivity index (χ0n) is 19.8. The third-order valence-corrected chi connectivity index (χ3v) is 6.68. The molecule has 2 aliphatic heterocycles. The van der Waals surface area contributed by atoms with Gasteiger partial charge >= 0.3 is 6.03 Å². The smallest absolute Gasteiger partial charge is 0.324 e. The number of hydrogen-bond donors (Lipinski definition) is 2. The lowest BCUT2D eigenvalue weighted by atomic mass is 9.83. The molecule has 0 radical (unpaired) electrons. The van der Waals surface area contributed by atoms with Crippen LogP contribution in [0, 0.1) is 0 Å². The van der Waals surface area contributed by atoms with E-state index in [1.54, 1.807) is 43.3 Å². The van der Waals surface area contributed by atoms with Crippen LogP contribution in [0.5, 0.6) is 0 Å². The van der Waals surface area contributed by atoms with Crippen LogP contribution < -0.4 is 15.5 Å². The molecule has 0 spiro atoms. The highest BCUT2D eigenvalue weighted by Crippen LogP contribution is 2.35. The molecule has 5 amide bonds. The summed E-state index contributed by atoms with van der Waals surface area (Å²) in [7, 11) is 0. The molecular formula is C28H26N4O4. The maximum atomic E-state index is 13.9. The minimum Gasteiger partial charge on any atom is -0.324 e. The number of hydrogen-bond acceptors (Lipinski definition) is 4. The molecule has 8 nitrogen and oxygen atoms in total. The van der Waals surface area contributed by atoms with Crippen molar-refractivity contribution in [3.63, 3.8) is 0 Å². The molecule has 2 aliphatic rings. The minimum atomic E-state index is -1.33. The third-order valence-electron chi connectivity index (χ3n) is 6.68. The van der Waals surface area contributed by atoms with E-state index in [9.17, 15) is 19.2 Å². The Bertz CT molecular complexity index is 1330. The monoisotopic (exact) mass is 482 g/mol. The predicted molar refractivity (Wildman–Crippen MR) is 135 cm³/mol. The number of urea groups is 1. The van der Waals surface area contributed by atoms with E-state index in [1.807, 2.05) is 48.5 Å². The van der Waals surface area contributed by atoms with Gasteiger partial charge in [-0.2, -0.15) is 0 Å². The number of nitrogens with one attached hydrogen (secondary N) is 2. The molecule has 0 aromatic heterocycles. The van der Waals surface area contributed by atoms with Gasteiger partial charge in [-0.3, -0.25) is 19.3 Å². The standard InChI is InChI=1S/C28H26N4O4/c1-19-16-24(33)29-22-14-8-9-15-23(22)32(19)25(34)18-31-26(35)28(30-27(31)36,21-12-6-3-7-13-21)17-20-10-4-2-5-11-20/h2-15,19H,16-18H2,1H3,(H,29,33)(H,30,36). The lowest BCUT2D eigenvalue weighted by Crippen LogP contribution is -2.48. The number of fused-ring (bicyclic) bond motifs is 1. The number of amides is 5. The van der Waals surface area contributed by atoms with Gasteiger partial charge in [0.1, 0.15) is 6.54 Å². The highest BCUT2D eigenvalue weighted by atomic mass is 16.2. The number of benzene rings is 3. The summed E-state index contributed by atoms with van der Waals surface area (Å²) in [6.07, 6.45) is 0.344. The average molecular weight is 483 g/mol. The number of anilines is 2. The van der Waals surface area contributed by atoms with E-state index in [1.165, 1.54) is 4.90 Å². The number of carbonyl (C=O) groups is 4. The van der Waals surface area contributed by atoms with Crippen LogP contribution >= 0.6 is 0 Å². The largest absolute Gasteiger partial charge is 0.325 e. The number of carbonyl (C=O) groups excluding carboxylic acids is 4. The van der Waals surface area contributed by atoms with E-state index in [0.717, 1.165) is 10.5 Å². The lowest BCUT2D eigenvalue weighted by molar-refractivity contribution is -0.134. The van der Waals surface area contributed by atoms with Crippen LogP contribution in [-0.2, 0) is 26.3 Å². The second-order valence-electron chi connectivity index (χ2n) is 9.14. The van der Waals surface area contributed by atoms with E-state index in [2.05, 4.69) is 10.6 Å². The van der Waals surface area contributed by atoms with Gasteiger partial charge in [0.15, 0.2) is 5.54 Å². The summed E-state index contributed by atoms with van der Waals surface area (Å²) in [6.45, 7) is 1.33. The van der Waals surface area contributed by atoms with E-state index in [0.29, 0.717) is 16.9 Å². The second-order valence-corrected chi connectivity index (χ2v) is 9.14. The Morgan fingerprint density at radius 2 is 1.56 bits per heavy atom. The van der Waals surface area contributed by atoms with Gasteiger partial charge in [0, 0.05) is 18.9 Å². The Kier molecular flexibility index (Phi) is 6.01. The van der Waals surface area contributed by atoms with Gasteiger partial charge in [-0.15, -0.1) is 0 Å². The lowest BCUT2D eigenvalue weighted by Gasteiger charge is -2.30. The molecule has 0 bridgehead atoms. The average Bonchev–Trinajstić information content (AvgIpc) is 3.02. The fourth-order valence-corrected chi connectivity index (χ4v) is 4.99. The molecule has 2 atom stereocenters. The van der Waals surface area contributed by atoms with Crippen LogP contribution in [0.3, 0.4) is 0 Å². The summed E-state index contributed by atoms with van der Waals surface area (Å²) in [4.78, 5) is 55.5. The molecule has 1 fully saturated rings. The number of nitrogens with zero attached hydrogens (tertiary/aromatic N) is 2. The summed E-state index contributed by atoms with van der Waals surface area (Å²) in [5.41, 5.74) is 1.24. The van der Waals surface area contributed by atoms with Crippen molar-refractivity contribution in [3.05, 3.63) is 96.1 Å². The van der Waals surface area contributed by atoms with Gasteiger partial charge in [-0.05, 0) is 30.2 Å². The number of rotatable bonds is 5. The normalized spacial score (nSPS) is 21.5. The molecule has 2 unspecified atom stereocenters. The summed E-state index contributed by atoms with van der Waals surface area (Å²) in [5, 5.41) is 5.71. The third kappa shape index (κ3) is 4.11. The predicted octanol–water partition coefficient (Wildman–Crippen LogP) is 3.44. The maximum Gasteiger partial charge on any atom is 0.325 e. The van der Waals surface area contributed by atoms with Gasteiger partial charge in [-0.25, -0.2) is 4.79 Å². The second kappa shape index (κ2) is 9.30. The van der Waals surface area contributed by atoms with Crippen LogP contribution in [0.15, 0.2) is 84.9 Å². The molecule has 8 heteroatoms. The van der Waals surface area contributed by atoms with Crippen LogP contribution in [0.25, 0.3) is 0 Å². The molecule has 2 heterocycles. The summed E-state index contributed by atoms with van der Waals surface area (Å²) in [6, 6.07) is 24.5. The van der Waals surface area contributed by atoms with E-state index in [4.69, 9.17) is 0 Å². The number of para-hydroxylation sites is 2. The highest BCUT2D eigenvalue weighted by Gasteiger charge is 2.53. The fraction of sp³-hybridized carbons (Fsp3) is 0.214. The molecular weight excluding hydrogens is 456 g/mol. The van der Waals surface area contributed by atoms with Gasteiger partial charge in [-0.1, -0.05) is 72.8 Å². The quantitative estimate of drug-likeness (QED) is 0.545. The van der Waals surface area contributed by atoms with Crippen LogP contribution in [0.1, 0.15) is 24.5 Å². The highest BCUT2D eigenvalue weighted by molar-refractivity contribution is 6.12. The van der Waals surface area contributed by atoms with Crippen LogP contribution in [0.4, 0.5) is 16.2 Å². The van der Waals surface area contributed by atoms with Crippen molar-refractivity contribution in [2.75, 3.05) is 16.8 Å². The SMILES string of the molecule is CC1CC(=O)Nc2ccccc2N1C(=O)CN1C(=O)NC(Cc2ccccc2)(c2ccccc2)C1=O. The van der Waals surface area contributed by atoms with Crippen molar-refractivity contribution in [2.24, 2.45) is 0 Å². The topological polar surface area (TPSA) is 98.8 Å². The summed E-state index contributed by atoms with van der Waals surface area (Å²) < 4.78 is 0. The summed E-state index contributed by atoms with van der Waals surface area (Å²) >= 11 is 0. The van der Waals surface area contributed by atoms with Gasteiger partial charge in [0.25, 0.3) is 5.91 Å². The van der Waals surface area contributed by atoms with E-state index in [-0.39, 0.29) is 18.7 Å². The fourth-order valence-electron chi connectivity index (χ4n) is 4.99. The molecule has 5 rings (SSSR count). The first-order valence-corrected chi connectivity index (χ1v) is 11.8. The molecule has 0 saturated carbocycles. The summed E-state index contributed by atoms with van der Waals surface area (Å²) in [5.74, 6) is -1.13. The zero-order chi connectivity index (χ0) is 25.3. The van der Waals surface area contributed by atoms with Gasteiger partial charge < -0.3 is 15.5 Å². The molecule has 182 valence electrons. The van der Waals surface area contributed by atoms with E-state index >= 15 is 0 Å². The molecule has 36 heavy (non-hydrogen) atoms. The van der Waals surface area contributed by atoms with Crippen molar-refractivity contribution in [3.8, 4) is 0 Å². The zero-order valence-corrected chi connectivity index (χ0v) is 19.8. The van der Waals surface area contributed by atoms with Crippen molar-refractivity contribution >= 4 is 35.1 Å². The Morgan fingerprint density at radius 3 is 2.28 bits per heavy atom. The van der Waals surface area contributed by atoms with Crippen LogP contribution in [0.2, 0.25) is 0 Å². The van der Waals surface area contributed by atoms with Gasteiger partial charge in [0.2, 0.25) is 11.8 Å². The molecule has 2 N–H and O–H groups in total. The Morgan fingerprint density at radius 1 is 0.917 bits per heavy atom. The van der Waals surface area contributed by atoms with Crippen molar-refractivity contribution in [1.82, 2.24) is 10.2 Å². The van der Waals surface area contributed by atoms with E-state index < -0.39 is 36.0 Å². The minimum absolute atomic E-state index is 0.0997. The first kappa shape index (κ1) is 23.3. The molecule has 3 aromatic carbocycles. The van der Waals surface area contributed by atoms with Gasteiger partial charge in [0.05, 0.1) is 11.4 Å². The number of imide groups is 1. The first-order chi connectivity index (χ1) is 17.4. The van der Waals surface area contributed by atoms with Crippen LogP contribution in [-0.4, -0.2) is 41.2 Å². The van der Waals surface area contributed by atoms with Crippen molar-refractivity contribution < 1.29 is 19.2 Å². The first-order valence-electron chi connectivity index (χ1n) is 11.8. The van der Waals surface area contributed by atoms with Crippen molar-refractivity contribution in [1.29, 1.82) is 0 Å². The Balaban J connectivity index is 1.47. The molecule has 3 aromatic rings. The molecule has 0 aliphatic carbocycles. The molecule has 1 saturated heterocycles. The maximum absolute atomic E-state index is 13.9. The van der Waals surface area contributed by atoms with Crippen molar-refractivity contribution in [2.45, 2.75) is 31.3 Å². The Hall–Kier alpha value is -4.46.